The van der Waals surface area contributed by atoms with Crippen molar-refractivity contribution in [2.24, 2.45) is 17.8 Å². The molecule has 2 saturated heterocycles. The van der Waals surface area contributed by atoms with Gasteiger partial charge in [0.05, 0.1) is 5.92 Å². The number of hydrogen-bond acceptors (Lipinski definition) is 3. The van der Waals surface area contributed by atoms with E-state index in [1.807, 2.05) is 0 Å². The first kappa shape index (κ1) is 12.9. The standard InChI is InChI=1S/C14H22N2O3/c17-13(9-4-2-6-15-7-9)16-8-10-3-1-5-11(10)12(16)14(18)19/h9-12,15H,1-8H2,(H,18,19). The minimum atomic E-state index is -0.813. The molecule has 2 aliphatic heterocycles. The van der Waals surface area contributed by atoms with Crippen LogP contribution in [0.15, 0.2) is 0 Å². The molecule has 2 N–H and O–H groups in total. The van der Waals surface area contributed by atoms with Crippen LogP contribution in [0.25, 0.3) is 0 Å². The topological polar surface area (TPSA) is 69.6 Å². The number of carboxylic acids is 1. The Morgan fingerprint density at radius 2 is 2.00 bits per heavy atom. The van der Waals surface area contributed by atoms with Gasteiger partial charge in [0.2, 0.25) is 5.91 Å². The van der Waals surface area contributed by atoms with Crippen LogP contribution < -0.4 is 5.32 Å². The van der Waals surface area contributed by atoms with Crippen molar-refractivity contribution in [2.45, 2.75) is 38.1 Å². The van der Waals surface area contributed by atoms with E-state index in [4.69, 9.17) is 0 Å². The van der Waals surface area contributed by atoms with Gasteiger partial charge >= 0.3 is 5.97 Å². The number of nitrogens with one attached hydrogen (secondary N) is 1. The second-order valence-electron chi connectivity index (χ2n) is 6.17. The van der Waals surface area contributed by atoms with E-state index in [0.29, 0.717) is 19.0 Å². The number of likely N-dealkylation sites (tertiary alicyclic amines) is 1. The molecule has 106 valence electrons. The van der Waals surface area contributed by atoms with Gasteiger partial charge in [0, 0.05) is 13.1 Å². The molecule has 0 aromatic carbocycles. The average Bonchev–Trinajstić information content (AvgIpc) is 2.98. The highest BCUT2D eigenvalue weighted by molar-refractivity contribution is 5.86. The Labute approximate surface area is 113 Å². The van der Waals surface area contributed by atoms with Crippen LogP contribution in [-0.2, 0) is 9.59 Å². The van der Waals surface area contributed by atoms with Crippen LogP contribution in [-0.4, -0.2) is 47.6 Å². The number of nitrogens with zero attached hydrogens (tertiary/aromatic N) is 1. The molecule has 1 aliphatic carbocycles. The van der Waals surface area contributed by atoms with Gasteiger partial charge in [-0.3, -0.25) is 4.79 Å². The fourth-order valence-corrected chi connectivity index (χ4v) is 4.15. The molecule has 4 atom stereocenters. The number of carboxylic acid groups (broad SMARTS) is 1. The third-order valence-electron chi connectivity index (χ3n) is 5.07. The number of carbonyl (C=O) groups is 2. The number of hydrogen-bond donors (Lipinski definition) is 2. The smallest absolute Gasteiger partial charge is 0.326 e. The fourth-order valence-electron chi connectivity index (χ4n) is 4.15. The highest BCUT2D eigenvalue weighted by Crippen LogP contribution is 2.42. The molecule has 3 aliphatic rings. The van der Waals surface area contributed by atoms with Gasteiger partial charge in [0.1, 0.15) is 6.04 Å². The van der Waals surface area contributed by atoms with Gasteiger partial charge < -0.3 is 15.3 Å². The highest BCUT2D eigenvalue weighted by Gasteiger charge is 2.50. The van der Waals surface area contributed by atoms with Crippen LogP contribution in [0.2, 0.25) is 0 Å². The van der Waals surface area contributed by atoms with E-state index < -0.39 is 12.0 Å². The first-order valence-electron chi connectivity index (χ1n) is 7.42. The fraction of sp³-hybridized carbons (Fsp3) is 0.857. The van der Waals surface area contributed by atoms with E-state index in [1.165, 1.54) is 0 Å². The van der Waals surface area contributed by atoms with Crippen molar-refractivity contribution in [1.82, 2.24) is 10.2 Å². The second-order valence-corrected chi connectivity index (χ2v) is 6.17. The molecule has 0 spiro atoms. The minimum Gasteiger partial charge on any atom is -0.480 e. The van der Waals surface area contributed by atoms with Crippen molar-refractivity contribution in [3.8, 4) is 0 Å². The summed E-state index contributed by atoms with van der Waals surface area (Å²) < 4.78 is 0. The van der Waals surface area contributed by atoms with Gasteiger partial charge in [-0.15, -0.1) is 0 Å². The van der Waals surface area contributed by atoms with Gasteiger partial charge in [0.25, 0.3) is 0 Å². The first-order valence-corrected chi connectivity index (χ1v) is 7.42. The molecule has 5 heteroatoms. The summed E-state index contributed by atoms with van der Waals surface area (Å²) in [5.74, 6) is -0.158. The zero-order chi connectivity index (χ0) is 13.4. The van der Waals surface area contributed by atoms with Gasteiger partial charge in [-0.1, -0.05) is 6.42 Å². The van der Waals surface area contributed by atoms with Crippen LogP contribution in [0.5, 0.6) is 0 Å². The predicted octanol–water partition coefficient (Wildman–Crippen LogP) is 0.698. The molecule has 19 heavy (non-hydrogen) atoms. The van der Waals surface area contributed by atoms with Crippen molar-refractivity contribution in [1.29, 1.82) is 0 Å². The van der Waals surface area contributed by atoms with E-state index in [0.717, 1.165) is 38.6 Å². The molecule has 0 radical (unpaired) electrons. The largest absolute Gasteiger partial charge is 0.480 e. The van der Waals surface area contributed by atoms with E-state index in [2.05, 4.69) is 5.32 Å². The third-order valence-corrected chi connectivity index (χ3v) is 5.07. The Hall–Kier alpha value is -1.10. The number of piperidine rings is 1. The molecule has 0 aromatic heterocycles. The van der Waals surface area contributed by atoms with Crippen molar-refractivity contribution in [3.05, 3.63) is 0 Å². The molecule has 0 aromatic rings. The quantitative estimate of drug-likeness (QED) is 0.772. The number of amides is 1. The van der Waals surface area contributed by atoms with Crippen LogP contribution >= 0.6 is 0 Å². The predicted molar refractivity (Wildman–Crippen MR) is 69.6 cm³/mol. The van der Waals surface area contributed by atoms with Crippen LogP contribution in [0, 0.1) is 17.8 Å². The highest BCUT2D eigenvalue weighted by atomic mass is 16.4. The molecule has 5 nitrogen and oxygen atoms in total. The normalized spacial score (nSPS) is 38.2. The molecular weight excluding hydrogens is 244 g/mol. The molecule has 1 saturated carbocycles. The zero-order valence-electron chi connectivity index (χ0n) is 11.2. The SMILES string of the molecule is O=C(O)C1C2CCCC2CN1C(=O)C1CCCNC1. The minimum absolute atomic E-state index is 0.0190. The lowest BCUT2D eigenvalue weighted by molar-refractivity contribution is -0.151. The summed E-state index contributed by atoms with van der Waals surface area (Å²) in [7, 11) is 0. The van der Waals surface area contributed by atoms with Crippen molar-refractivity contribution in [2.75, 3.05) is 19.6 Å². The average molecular weight is 266 g/mol. The van der Waals surface area contributed by atoms with E-state index in [9.17, 15) is 14.7 Å². The van der Waals surface area contributed by atoms with Gasteiger partial charge in [-0.2, -0.15) is 0 Å². The lowest BCUT2D eigenvalue weighted by Crippen LogP contribution is -2.48. The number of fused-ring (bicyclic) bond motifs is 1. The molecular formula is C14H22N2O3. The second kappa shape index (κ2) is 5.12. The Morgan fingerprint density at radius 1 is 1.16 bits per heavy atom. The van der Waals surface area contributed by atoms with Crippen LogP contribution in [0.1, 0.15) is 32.1 Å². The molecule has 3 rings (SSSR count). The van der Waals surface area contributed by atoms with Crippen molar-refractivity contribution in [3.63, 3.8) is 0 Å². The Kier molecular flexibility index (Phi) is 3.48. The van der Waals surface area contributed by atoms with Gasteiger partial charge in [-0.05, 0) is 44.1 Å². The monoisotopic (exact) mass is 266 g/mol. The third kappa shape index (κ3) is 2.24. The summed E-state index contributed by atoms with van der Waals surface area (Å²) >= 11 is 0. The Balaban J connectivity index is 1.75. The first-order chi connectivity index (χ1) is 9.18. The molecule has 0 bridgehead atoms. The maximum absolute atomic E-state index is 12.6. The van der Waals surface area contributed by atoms with Crippen molar-refractivity contribution < 1.29 is 14.7 Å². The molecule has 4 unspecified atom stereocenters. The lowest BCUT2D eigenvalue weighted by Gasteiger charge is -2.30. The summed E-state index contributed by atoms with van der Waals surface area (Å²) in [6, 6.07) is -0.568. The summed E-state index contributed by atoms with van der Waals surface area (Å²) in [5, 5.41) is 12.7. The maximum atomic E-state index is 12.6. The summed E-state index contributed by atoms with van der Waals surface area (Å²) in [6.45, 7) is 2.34. The Morgan fingerprint density at radius 3 is 2.68 bits per heavy atom. The molecule has 1 amide bonds. The van der Waals surface area contributed by atoms with Crippen molar-refractivity contribution >= 4 is 11.9 Å². The maximum Gasteiger partial charge on any atom is 0.326 e. The number of carbonyl (C=O) groups excluding carboxylic acids is 1. The number of rotatable bonds is 2. The zero-order valence-corrected chi connectivity index (χ0v) is 11.2. The van der Waals surface area contributed by atoms with Gasteiger partial charge in [0.15, 0.2) is 0 Å². The summed E-state index contributed by atoms with van der Waals surface area (Å²) in [4.78, 5) is 25.8. The number of aliphatic carboxylic acids is 1. The van der Waals surface area contributed by atoms with Gasteiger partial charge in [-0.25, -0.2) is 4.79 Å². The summed E-state index contributed by atoms with van der Waals surface area (Å²) in [6.07, 6.45) is 5.07. The molecule has 3 fully saturated rings. The molecule has 2 heterocycles. The summed E-state index contributed by atoms with van der Waals surface area (Å²) in [5.41, 5.74) is 0. The van der Waals surface area contributed by atoms with Crippen LogP contribution in [0.3, 0.4) is 0 Å². The van der Waals surface area contributed by atoms with Crippen LogP contribution in [0.4, 0.5) is 0 Å². The van der Waals surface area contributed by atoms with E-state index in [-0.39, 0.29) is 17.7 Å². The van der Waals surface area contributed by atoms with E-state index in [1.54, 1.807) is 4.90 Å². The lowest BCUT2D eigenvalue weighted by atomic mass is 9.93. The Bertz CT molecular complexity index is 379. The van der Waals surface area contributed by atoms with E-state index >= 15 is 0 Å².